The van der Waals surface area contributed by atoms with Crippen molar-refractivity contribution in [1.29, 1.82) is 0 Å². The molecule has 1 saturated carbocycles. The van der Waals surface area contributed by atoms with Crippen molar-refractivity contribution < 1.29 is 19.1 Å². The number of carbonyl (C=O) groups is 3. The predicted octanol–water partition coefficient (Wildman–Crippen LogP) is 0.823. The van der Waals surface area contributed by atoms with Crippen molar-refractivity contribution in [3.63, 3.8) is 0 Å². The first-order chi connectivity index (χ1) is 11.6. The van der Waals surface area contributed by atoms with Crippen LogP contribution < -0.4 is 10.6 Å². The van der Waals surface area contributed by atoms with Crippen LogP contribution in [0.2, 0.25) is 0 Å². The Bertz CT molecular complexity index is 792. The smallest absolute Gasteiger partial charge is 0.340 e. The van der Waals surface area contributed by atoms with E-state index in [9.17, 15) is 14.4 Å². The highest BCUT2D eigenvalue weighted by molar-refractivity contribution is 6.04. The van der Waals surface area contributed by atoms with Gasteiger partial charge in [0.25, 0.3) is 0 Å². The second kappa shape index (κ2) is 6.74. The number of benzene rings is 1. The van der Waals surface area contributed by atoms with Gasteiger partial charge < -0.3 is 19.9 Å². The highest BCUT2D eigenvalue weighted by Crippen LogP contribution is 2.22. The van der Waals surface area contributed by atoms with Gasteiger partial charge in [-0.2, -0.15) is 0 Å². The van der Waals surface area contributed by atoms with E-state index in [0.29, 0.717) is 5.56 Å². The quantitative estimate of drug-likeness (QED) is 0.768. The molecule has 0 radical (unpaired) electrons. The summed E-state index contributed by atoms with van der Waals surface area (Å²) in [5.74, 6) is -0.925. The number of fused-ring (bicyclic) bond motifs is 1. The maximum atomic E-state index is 12.1. The number of amides is 2. The molecule has 24 heavy (non-hydrogen) atoms. The Balaban J connectivity index is 1.68. The van der Waals surface area contributed by atoms with Gasteiger partial charge in [-0.3, -0.25) is 9.59 Å². The van der Waals surface area contributed by atoms with Crippen LogP contribution in [0.5, 0.6) is 0 Å². The van der Waals surface area contributed by atoms with Gasteiger partial charge in [-0.05, 0) is 18.9 Å². The lowest BCUT2D eigenvalue weighted by molar-refractivity contribution is -0.126. The summed E-state index contributed by atoms with van der Waals surface area (Å²) >= 11 is 0. The fraction of sp³-hybridized carbons (Fsp3) is 0.353. The Labute approximate surface area is 139 Å². The molecule has 7 heteroatoms. The number of hydrogen-bond acceptors (Lipinski definition) is 4. The molecule has 0 aliphatic heterocycles. The number of nitrogens with one attached hydrogen (secondary N) is 2. The van der Waals surface area contributed by atoms with Crippen LogP contribution in [0.15, 0.2) is 30.5 Å². The maximum absolute atomic E-state index is 12.1. The van der Waals surface area contributed by atoms with Crippen LogP contribution >= 0.6 is 0 Å². The summed E-state index contributed by atoms with van der Waals surface area (Å²) in [6.45, 7) is -0.0212. The second-order valence-electron chi connectivity index (χ2n) is 5.80. The molecule has 2 N–H and O–H groups in total. The number of nitrogens with zero attached hydrogens (tertiary/aromatic N) is 1. The number of para-hydroxylation sites is 1. The maximum Gasteiger partial charge on any atom is 0.340 e. The van der Waals surface area contributed by atoms with E-state index in [0.717, 1.165) is 23.7 Å². The van der Waals surface area contributed by atoms with Gasteiger partial charge in [-0.25, -0.2) is 4.79 Å². The molecule has 1 aromatic heterocycles. The molecule has 0 atom stereocenters. The molecule has 2 aromatic rings. The van der Waals surface area contributed by atoms with Crippen molar-refractivity contribution in [2.24, 2.45) is 0 Å². The molecule has 0 spiro atoms. The largest absolute Gasteiger partial charge is 0.465 e. The molecule has 2 amide bonds. The van der Waals surface area contributed by atoms with Gasteiger partial charge >= 0.3 is 5.97 Å². The molecular formula is C17H19N3O4. The first-order valence-electron chi connectivity index (χ1n) is 7.80. The minimum Gasteiger partial charge on any atom is -0.465 e. The minimum absolute atomic E-state index is 0.0220. The molecular weight excluding hydrogens is 310 g/mol. The number of aromatic nitrogens is 1. The van der Waals surface area contributed by atoms with Crippen molar-refractivity contribution in [3.8, 4) is 0 Å². The Kier molecular flexibility index (Phi) is 4.50. The molecule has 0 saturated heterocycles. The van der Waals surface area contributed by atoms with Crippen LogP contribution in [0.1, 0.15) is 23.2 Å². The topological polar surface area (TPSA) is 89.4 Å². The summed E-state index contributed by atoms with van der Waals surface area (Å²) in [6, 6.07) is 7.56. The summed E-state index contributed by atoms with van der Waals surface area (Å²) in [5.41, 5.74) is 1.17. The van der Waals surface area contributed by atoms with Gasteiger partial charge in [0.2, 0.25) is 11.8 Å². The molecule has 0 unspecified atom stereocenters. The molecule has 1 fully saturated rings. The number of esters is 1. The zero-order valence-electron chi connectivity index (χ0n) is 13.4. The van der Waals surface area contributed by atoms with Gasteiger partial charge in [0, 0.05) is 23.1 Å². The van der Waals surface area contributed by atoms with Gasteiger partial charge in [0.15, 0.2) is 0 Å². The van der Waals surface area contributed by atoms with Crippen LogP contribution in [0.3, 0.4) is 0 Å². The lowest BCUT2D eigenvalue weighted by Gasteiger charge is -2.07. The zero-order chi connectivity index (χ0) is 17.1. The van der Waals surface area contributed by atoms with Crippen molar-refractivity contribution in [2.45, 2.75) is 25.4 Å². The van der Waals surface area contributed by atoms with Gasteiger partial charge in [-0.15, -0.1) is 0 Å². The third kappa shape index (κ3) is 3.56. The fourth-order valence-electron chi connectivity index (χ4n) is 2.55. The van der Waals surface area contributed by atoms with E-state index >= 15 is 0 Å². The lowest BCUT2D eigenvalue weighted by Crippen LogP contribution is -2.39. The summed E-state index contributed by atoms with van der Waals surface area (Å²) in [7, 11) is 1.32. The number of methoxy groups -OCH3 is 1. The van der Waals surface area contributed by atoms with Gasteiger partial charge in [0.05, 0.1) is 19.2 Å². The summed E-state index contributed by atoms with van der Waals surface area (Å²) < 4.78 is 6.46. The van der Waals surface area contributed by atoms with Gasteiger partial charge in [-0.1, -0.05) is 18.2 Å². The average molecular weight is 329 g/mol. The normalized spacial score (nSPS) is 13.5. The monoisotopic (exact) mass is 329 g/mol. The Hall–Kier alpha value is -2.83. The van der Waals surface area contributed by atoms with Crippen LogP contribution in [-0.2, 0) is 20.9 Å². The van der Waals surface area contributed by atoms with Crippen LogP contribution in [0.4, 0.5) is 0 Å². The van der Waals surface area contributed by atoms with Crippen LogP contribution in [0.25, 0.3) is 10.9 Å². The minimum atomic E-state index is -0.450. The molecule has 1 aliphatic rings. The predicted molar refractivity (Wildman–Crippen MR) is 87.5 cm³/mol. The van der Waals surface area contributed by atoms with E-state index in [2.05, 4.69) is 10.6 Å². The first kappa shape index (κ1) is 16.0. The van der Waals surface area contributed by atoms with Crippen molar-refractivity contribution in [1.82, 2.24) is 15.2 Å². The van der Waals surface area contributed by atoms with E-state index in [-0.39, 0.29) is 30.9 Å². The third-order valence-electron chi connectivity index (χ3n) is 3.90. The van der Waals surface area contributed by atoms with Crippen LogP contribution in [-0.4, -0.2) is 42.0 Å². The molecule has 7 nitrogen and oxygen atoms in total. The number of ether oxygens (including phenoxy) is 1. The Morgan fingerprint density at radius 2 is 1.96 bits per heavy atom. The fourth-order valence-corrected chi connectivity index (χ4v) is 2.55. The van der Waals surface area contributed by atoms with E-state index in [4.69, 9.17) is 4.74 Å². The Morgan fingerprint density at radius 3 is 2.67 bits per heavy atom. The average Bonchev–Trinajstić information content (AvgIpc) is 3.33. The molecule has 0 bridgehead atoms. The molecule has 126 valence electrons. The standard InChI is InChI=1S/C17H19N3O4/c1-24-17(23)13-9-20(14-5-3-2-4-12(13)14)10-16(22)18-8-15(21)19-11-6-7-11/h2-5,9,11H,6-8,10H2,1H3,(H,18,22)(H,19,21). The third-order valence-corrected chi connectivity index (χ3v) is 3.90. The lowest BCUT2D eigenvalue weighted by atomic mass is 10.2. The zero-order valence-corrected chi connectivity index (χ0v) is 13.4. The summed E-state index contributed by atoms with van der Waals surface area (Å²) in [6.07, 6.45) is 3.61. The van der Waals surface area contributed by atoms with E-state index < -0.39 is 5.97 Å². The highest BCUT2D eigenvalue weighted by Gasteiger charge is 2.23. The molecule has 1 aromatic carbocycles. The summed E-state index contributed by atoms with van der Waals surface area (Å²) in [5, 5.41) is 6.13. The van der Waals surface area contributed by atoms with Gasteiger partial charge in [0.1, 0.15) is 6.54 Å². The Morgan fingerprint density at radius 1 is 1.21 bits per heavy atom. The SMILES string of the molecule is COC(=O)c1cn(CC(=O)NCC(=O)NC2CC2)c2ccccc12. The molecule has 3 rings (SSSR count). The number of carbonyl (C=O) groups excluding carboxylic acids is 3. The highest BCUT2D eigenvalue weighted by atomic mass is 16.5. The summed E-state index contributed by atoms with van der Waals surface area (Å²) in [4.78, 5) is 35.5. The number of hydrogen-bond donors (Lipinski definition) is 2. The first-order valence-corrected chi connectivity index (χ1v) is 7.80. The van der Waals surface area contributed by atoms with Crippen molar-refractivity contribution in [3.05, 3.63) is 36.0 Å². The molecule has 1 heterocycles. The van der Waals surface area contributed by atoms with E-state index in [1.165, 1.54) is 7.11 Å². The van der Waals surface area contributed by atoms with Crippen LogP contribution in [0, 0.1) is 0 Å². The second-order valence-corrected chi connectivity index (χ2v) is 5.80. The van der Waals surface area contributed by atoms with E-state index in [1.54, 1.807) is 16.8 Å². The molecule has 1 aliphatic carbocycles. The van der Waals surface area contributed by atoms with Crippen molar-refractivity contribution in [2.75, 3.05) is 13.7 Å². The number of rotatable bonds is 6. The van der Waals surface area contributed by atoms with E-state index in [1.807, 2.05) is 18.2 Å². The van der Waals surface area contributed by atoms with Crippen molar-refractivity contribution >= 4 is 28.7 Å².